The second kappa shape index (κ2) is 9.18. The zero-order valence-electron chi connectivity index (χ0n) is 20.2. The van der Waals surface area contributed by atoms with Crippen LogP contribution in [0.5, 0.6) is 0 Å². The van der Waals surface area contributed by atoms with Gasteiger partial charge in [0.2, 0.25) is 5.91 Å². The molecule has 1 unspecified atom stereocenters. The van der Waals surface area contributed by atoms with Crippen molar-refractivity contribution in [1.82, 2.24) is 29.9 Å². The molecule has 3 fully saturated rings. The Balaban J connectivity index is 1.22. The van der Waals surface area contributed by atoms with Crippen molar-refractivity contribution in [3.8, 4) is 0 Å². The van der Waals surface area contributed by atoms with Gasteiger partial charge in [-0.3, -0.25) is 14.7 Å². The third kappa shape index (κ3) is 3.90. The quantitative estimate of drug-likeness (QED) is 0.574. The first-order valence-electron chi connectivity index (χ1n) is 12.7. The lowest BCUT2D eigenvalue weighted by molar-refractivity contribution is -0.134. The molecule has 2 amide bonds. The molecule has 1 spiro atoms. The molecule has 0 bridgehead atoms. The van der Waals surface area contributed by atoms with Crippen molar-refractivity contribution < 1.29 is 14.7 Å². The summed E-state index contributed by atoms with van der Waals surface area (Å²) in [7, 11) is 0. The summed E-state index contributed by atoms with van der Waals surface area (Å²) in [4.78, 5) is 38.4. The number of hydrogen-bond acceptors (Lipinski definition) is 7. The molecule has 6 rings (SSSR count). The number of aromatic amines is 1. The molecule has 0 radical (unpaired) electrons. The molecular weight excluding hydrogens is 458 g/mol. The lowest BCUT2D eigenvalue weighted by atomic mass is 9.84. The van der Waals surface area contributed by atoms with Crippen LogP contribution in [-0.2, 0) is 4.79 Å². The van der Waals surface area contributed by atoms with E-state index in [1.165, 1.54) is 0 Å². The fourth-order valence-corrected chi connectivity index (χ4v) is 5.96. The number of piperidine rings is 1. The number of carbonyl (C=O) groups excluding carboxylic acids is 2. The van der Waals surface area contributed by atoms with Crippen LogP contribution in [0.15, 0.2) is 48.8 Å². The zero-order valence-corrected chi connectivity index (χ0v) is 20.2. The van der Waals surface area contributed by atoms with E-state index in [0.717, 1.165) is 37.0 Å². The van der Waals surface area contributed by atoms with Crippen LogP contribution in [0.3, 0.4) is 0 Å². The number of pyridine rings is 1. The average Bonchev–Trinajstić information content (AvgIpc) is 3.67. The molecule has 3 aliphatic heterocycles. The summed E-state index contributed by atoms with van der Waals surface area (Å²) in [6.07, 6.45) is 5.73. The molecular formula is C26H31N7O3. The van der Waals surface area contributed by atoms with Crippen molar-refractivity contribution in [2.75, 3.05) is 44.3 Å². The Hall–Kier alpha value is -3.50. The monoisotopic (exact) mass is 489 g/mol. The lowest BCUT2D eigenvalue weighted by Gasteiger charge is -2.46. The summed E-state index contributed by atoms with van der Waals surface area (Å²) in [5.41, 5.74) is 1.63. The number of aliphatic hydroxyl groups is 1. The van der Waals surface area contributed by atoms with Crippen LogP contribution >= 0.6 is 0 Å². The number of amides is 2. The zero-order chi connectivity index (χ0) is 24.7. The molecule has 188 valence electrons. The Morgan fingerprint density at radius 3 is 2.53 bits per heavy atom. The lowest BCUT2D eigenvalue weighted by Crippen LogP contribution is -2.59. The van der Waals surface area contributed by atoms with Crippen molar-refractivity contribution in [3.63, 3.8) is 0 Å². The van der Waals surface area contributed by atoms with Crippen LogP contribution in [-0.4, -0.2) is 98.0 Å². The van der Waals surface area contributed by atoms with Crippen LogP contribution in [0.4, 0.5) is 5.69 Å². The van der Waals surface area contributed by atoms with Gasteiger partial charge in [-0.05, 0) is 43.9 Å². The largest absolute Gasteiger partial charge is 0.376 e. The van der Waals surface area contributed by atoms with Crippen LogP contribution in [0, 0.1) is 0 Å². The fourth-order valence-electron chi connectivity index (χ4n) is 5.96. The topological polar surface area (TPSA) is 109 Å². The highest BCUT2D eigenvalue weighted by Gasteiger charge is 2.54. The number of aromatic nitrogens is 3. The smallest absolute Gasteiger partial charge is 0.255 e. The minimum absolute atomic E-state index is 0.0692. The molecule has 2 aromatic heterocycles. The van der Waals surface area contributed by atoms with E-state index >= 15 is 0 Å². The fraction of sp³-hybridized carbons (Fsp3) is 0.462. The van der Waals surface area contributed by atoms with Gasteiger partial charge in [0.15, 0.2) is 5.65 Å². The second-order valence-corrected chi connectivity index (χ2v) is 10.0. The van der Waals surface area contributed by atoms with Gasteiger partial charge in [0, 0.05) is 43.4 Å². The van der Waals surface area contributed by atoms with Crippen molar-refractivity contribution >= 4 is 28.5 Å². The number of H-pyrrole nitrogens is 1. The van der Waals surface area contributed by atoms with E-state index in [-0.39, 0.29) is 18.4 Å². The first kappa shape index (κ1) is 22.9. The van der Waals surface area contributed by atoms with Gasteiger partial charge in [-0.2, -0.15) is 5.10 Å². The van der Waals surface area contributed by atoms with Gasteiger partial charge in [-0.25, -0.2) is 9.88 Å². The van der Waals surface area contributed by atoms with Gasteiger partial charge in [-0.15, -0.1) is 0 Å². The number of fused-ring (bicyclic) bond motifs is 1. The van der Waals surface area contributed by atoms with E-state index in [1.54, 1.807) is 12.4 Å². The van der Waals surface area contributed by atoms with Gasteiger partial charge < -0.3 is 19.8 Å². The number of para-hydroxylation sites is 1. The maximum atomic E-state index is 13.3. The van der Waals surface area contributed by atoms with Gasteiger partial charge in [-0.1, -0.05) is 18.2 Å². The maximum Gasteiger partial charge on any atom is 0.255 e. The van der Waals surface area contributed by atoms with E-state index in [1.807, 2.05) is 51.1 Å². The summed E-state index contributed by atoms with van der Waals surface area (Å²) in [6, 6.07) is 11.9. The van der Waals surface area contributed by atoms with Gasteiger partial charge in [0.25, 0.3) is 5.91 Å². The van der Waals surface area contributed by atoms with Crippen LogP contribution < -0.4 is 4.90 Å². The first-order chi connectivity index (χ1) is 17.5. The molecule has 0 aliphatic carbocycles. The minimum Gasteiger partial charge on any atom is -0.376 e. The number of nitrogens with zero attached hydrogens (tertiary/aromatic N) is 6. The van der Waals surface area contributed by atoms with Crippen molar-refractivity contribution in [3.05, 3.63) is 54.4 Å². The number of hydrogen-bond donors (Lipinski definition) is 2. The van der Waals surface area contributed by atoms with Crippen molar-refractivity contribution in [1.29, 1.82) is 0 Å². The second-order valence-electron chi connectivity index (χ2n) is 10.0. The molecule has 1 aromatic carbocycles. The van der Waals surface area contributed by atoms with Crippen LogP contribution in [0.2, 0.25) is 0 Å². The van der Waals surface area contributed by atoms with Gasteiger partial charge in [0.1, 0.15) is 6.23 Å². The SMILES string of the molecule is O=C(CN1CN(c2ccccc2)C2(CCN(C(=O)c3cnc4[nH]ncc4c3)CC2)C1O)N1CCCC1. The highest BCUT2D eigenvalue weighted by Crippen LogP contribution is 2.42. The Kier molecular flexibility index (Phi) is 5.85. The summed E-state index contributed by atoms with van der Waals surface area (Å²) in [5, 5.41) is 19.2. The predicted molar refractivity (Wildman–Crippen MR) is 134 cm³/mol. The third-order valence-electron chi connectivity index (χ3n) is 8.01. The van der Waals surface area contributed by atoms with Crippen molar-refractivity contribution in [2.45, 2.75) is 37.5 Å². The number of rotatable bonds is 4. The standard InChI is InChI=1S/C26H31N7O3/c34-22(30-10-4-5-11-30)17-32-18-33(21-6-2-1-3-7-21)26(25(32)36)8-12-31(13-9-26)24(35)20-14-19-16-28-29-23(19)27-15-20/h1-3,6-7,14-16,25,36H,4-5,8-13,17-18H2,(H,27,28,29). The normalized spacial score (nSPS) is 22.1. The molecule has 3 saturated heterocycles. The van der Waals surface area contributed by atoms with Crippen LogP contribution in [0.1, 0.15) is 36.0 Å². The predicted octanol–water partition coefficient (Wildman–Crippen LogP) is 1.65. The third-order valence-corrected chi connectivity index (χ3v) is 8.01. The molecule has 5 heterocycles. The highest BCUT2D eigenvalue weighted by molar-refractivity contribution is 5.96. The Morgan fingerprint density at radius 2 is 1.78 bits per heavy atom. The number of aliphatic hydroxyl groups excluding tert-OH is 1. The summed E-state index contributed by atoms with van der Waals surface area (Å²) < 4.78 is 0. The van der Waals surface area contributed by atoms with E-state index < -0.39 is 11.8 Å². The number of carbonyl (C=O) groups is 2. The summed E-state index contributed by atoms with van der Waals surface area (Å²) in [5.74, 6) is 0.00614. The molecule has 36 heavy (non-hydrogen) atoms. The summed E-state index contributed by atoms with van der Waals surface area (Å²) in [6.45, 7) is 3.29. The molecule has 10 heteroatoms. The molecule has 2 N–H and O–H groups in total. The Labute approximate surface area is 209 Å². The minimum atomic E-state index is -0.801. The molecule has 3 aromatic rings. The number of benzene rings is 1. The van der Waals surface area contributed by atoms with E-state index in [9.17, 15) is 14.7 Å². The first-order valence-corrected chi connectivity index (χ1v) is 12.7. The van der Waals surface area contributed by atoms with Gasteiger partial charge >= 0.3 is 0 Å². The van der Waals surface area contributed by atoms with Crippen LogP contribution in [0.25, 0.3) is 11.0 Å². The summed E-state index contributed by atoms with van der Waals surface area (Å²) >= 11 is 0. The van der Waals surface area contributed by atoms with E-state index in [2.05, 4.69) is 20.1 Å². The molecule has 1 atom stereocenters. The van der Waals surface area contributed by atoms with Gasteiger partial charge in [0.05, 0.1) is 30.5 Å². The van der Waals surface area contributed by atoms with E-state index in [4.69, 9.17) is 0 Å². The molecule has 0 saturated carbocycles. The maximum absolute atomic E-state index is 13.3. The highest BCUT2D eigenvalue weighted by atomic mass is 16.3. The van der Waals surface area contributed by atoms with Crippen molar-refractivity contribution in [2.24, 2.45) is 0 Å². The van der Waals surface area contributed by atoms with E-state index in [0.29, 0.717) is 43.8 Å². The molecule has 10 nitrogen and oxygen atoms in total. The Morgan fingerprint density at radius 1 is 1.03 bits per heavy atom. The molecule has 3 aliphatic rings. The average molecular weight is 490 g/mol. The number of anilines is 1. The number of nitrogens with one attached hydrogen (secondary N) is 1. The Bertz CT molecular complexity index is 1250. The number of likely N-dealkylation sites (tertiary alicyclic amines) is 2.